The molecule has 1 unspecified atom stereocenters. The number of hydrogen-bond acceptors (Lipinski definition) is 3. The lowest BCUT2D eigenvalue weighted by Gasteiger charge is -2.32. The zero-order chi connectivity index (χ0) is 14.4. The number of ether oxygens (including phenoxy) is 1. The Bertz CT molecular complexity index is 401. The maximum atomic E-state index is 12.2. The van der Waals surface area contributed by atoms with E-state index in [9.17, 15) is 9.59 Å². The summed E-state index contributed by atoms with van der Waals surface area (Å²) in [5.41, 5.74) is -0.792. The Morgan fingerprint density at radius 2 is 2.00 bits per heavy atom. The molecule has 2 fully saturated rings. The molecule has 1 heterocycles. The Hall–Kier alpha value is -1.26. The van der Waals surface area contributed by atoms with Crippen LogP contribution < -0.4 is 0 Å². The second kappa shape index (κ2) is 4.39. The third-order valence-electron chi connectivity index (χ3n) is 4.22. The fourth-order valence-corrected chi connectivity index (χ4v) is 3.11. The number of carboxylic acids is 1. The average molecular weight is 269 g/mol. The largest absolute Gasteiger partial charge is 0.481 e. The van der Waals surface area contributed by atoms with E-state index in [2.05, 4.69) is 0 Å². The first-order valence-electron chi connectivity index (χ1n) is 6.87. The van der Waals surface area contributed by atoms with E-state index in [0.717, 1.165) is 12.8 Å². The van der Waals surface area contributed by atoms with Crippen molar-refractivity contribution in [1.82, 2.24) is 4.90 Å². The number of nitrogens with zero attached hydrogens (tertiary/aromatic N) is 1. The molecule has 1 aliphatic heterocycles. The van der Waals surface area contributed by atoms with Gasteiger partial charge in [-0.15, -0.1) is 0 Å². The molecule has 5 nitrogen and oxygen atoms in total. The summed E-state index contributed by atoms with van der Waals surface area (Å²) in [6.45, 7) is 8.17. The molecular formula is C14H23NO4. The van der Waals surface area contributed by atoms with E-state index in [4.69, 9.17) is 9.84 Å². The summed E-state index contributed by atoms with van der Waals surface area (Å²) < 4.78 is 5.41. The Morgan fingerprint density at radius 3 is 2.47 bits per heavy atom. The molecule has 5 heteroatoms. The molecule has 2 aliphatic rings. The molecular weight excluding hydrogens is 246 g/mol. The molecule has 0 radical (unpaired) electrons. The van der Waals surface area contributed by atoms with Gasteiger partial charge in [0.2, 0.25) is 0 Å². The zero-order valence-electron chi connectivity index (χ0n) is 12.1. The van der Waals surface area contributed by atoms with Crippen molar-refractivity contribution in [3.8, 4) is 0 Å². The minimum absolute atomic E-state index is 0.00319. The van der Waals surface area contributed by atoms with E-state index in [1.54, 1.807) is 4.90 Å². The predicted molar refractivity (Wildman–Crippen MR) is 69.8 cm³/mol. The number of carboxylic acid groups (broad SMARTS) is 1. The van der Waals surface area contributed by atoms with Crippen molar-refractivity contribution in [2.75, 3.05) is 6.54 Å². The molecule has 2 rings (SSSR count). The van der Waals surface area contributed by atoms with Crippen LogP contribution in [0, 0.1) is 11.3 Å². The van der Waals surface area contributed by atoms with Crippen LogP contribution >= 0.6 is 0 Å². The van der Waals surface area contributed by atoms with Crippen LogP contribution in [0.4, 0.5) is 4.79 Å². The van der Waals surface area contributed by atoms with Crippen LogP contribution in [0.1, 0.15) is 47.0 Å². The zero-order valence-corrected chi connectivity index (χ0v) is 12.1. The lowest BCUT2D eigenvalue weighted by atomic mass is 9.93. The number of hydrogen-bond donors (Lipinski definition) is 1. The number of amides is 1. The highest BCUT2D eigenvalue weighted by Gasteiger charge is 2.62. The van der Waals surface area contributed by atoms with Gasteiger partial charge in [0.15, 0.2) is 0 Å². The molecule has 0 aromatic rings. The fourth-order valence-electron chi connectivity index (χ4n) is 3.11. The first kappa shape index (κ1) is 14.2. The van der Waals surface area contributed by atoms with Crippen molar-refractivity contribution >= 4 is 12.1 Å². The SMILES string of the molecule is CC(C)(C)OC(=O)N1CCCC1[C@@]1(C)C[C@@H]1C(=O)O. The third kappa shape index (κ3) is 2.69. The average Bonchev–Trinajstić information content (AvgIpc) is 2.74. The molecule has 1 aliphatic carbocycles. The number of carbonyl (C=O) groups excluding carboxylic acids is 1. The van der Waals surface area contributed by atoms with Gasteiger partial charge in [-0.05, 0) is 40.0 Å². The van der Waals surface area contributed by atoms with Crippen molar-refractivity contribution in [3.05, 3.63) is 0 Å². The van der Waals surface area contributed by atoms with Crippen LogP contribution in [-0.4, -0.2) is 40.3 Å². The predicted octanol–water partition coefficient (Wildman–Crippen LogP) is 2.50. The van der Waals surface area contributed by atoms with Crippen molar-refractivity contribution < 1.29 is 19.4 Å². The van der Waals surface area contributed by atoms with Gasteiger partial charge in [0.25, 0.3) is 0 Å². The monoisotopic (exact) mass is 269 g/mol. The van der Waals surface area contributed by atoms with Crippen molar-refractivity contribution in [1.29, 1.82) is 0 Å². The first-order chi connectivity index (χ1) is 8.65. The van der Waals surface area contributed by atoms with Gasteiger partial charge in [0, 0.05) is 18.0 Å². The molecule has 0 aromatic carbocycles. The maximum Gasteiger partial charge on any atom is 0.410 e. The van der Waals surface area contributed by atoms with E-state index in [1.165, 1.54) is 0 Å². The summed E-state index contributed by atoms with van der Waals surface area (Å²) in [6, 6.07) is 0.00319. The maximum absolute atomic E-state index is 12.2. The normalized spacial score (nSPS) is 34.2. The van der Waals surface area contributed by atoms with Crippen LogP contribution in [-0.2, 0) is 9.53 Å². The molecule has 1 amide bonds. The van der Waals surface area contributed by atoms with Gasteiger partial charge in [0.1, 0.15) is 5.60 Å². The van der Waals surface area contributed by atoms with Gasteiger partial charge in [-0.25, -0.2) is 4.79 Å². The first-order valence-corrected chi connectivity index (χ1v) is 6.87. The van der Waals surface area contributed by atoms with Crippen molar-refractivity contribution in [3.63, 3.8) is 0 Å². The van der Waals surface area contributed by atoms with Crippen molar-refractivity contribution in [2.24, 2.45) is 11.3 Å². The number of carbonyl (C=O) groups is 2. The number of rotatable bonds is 2. The van der Waals surface area contributed by atoms with Gasteiger partial charge in [-0.3, -0.25) is 4.79 Å². The van der Waals surface area contributed by atoms with Gasteiger partial charge in [-0.1, -0.05) is 6.92 Å². The Labute approximate surface area is 113 Å². The van der Waals surface area contributed by atoms with Gasteiger partial charge in [-0.2, -0.15) is 0 Å². The molecule has 1 saturated heterocycles. The lowest BCUT2D eigenvalue weighted by molar-refractivity contribution is -0.139. The number of likely N-dealkylation sites (tertiary alicyclic amines) is 1. The highest BCUT2D eigenvalue weighted by atomic mass is 16.6. The van der Waals surface area contributed by atoms with Crippen LogP contribution in [0.15, 0.2) is 0 Å². The smallest absolute Gasteiger partial charge is 0.410 e. The minimum Gasteiger partial charge on any atom is -0.481 e. The quantitative estimate of drug-likeness (QED) is 0.836. The number of aliphatic carboxylic acids is 1. The van der Waals surface area contributed by atoms with Gasteiger partial charge >= 0.3 is 12.1 Å². The molecule has 0 aromatic heterocycles. The van der Waals surface area contributed by atoms with Crippen LogP contribution in [0.3, 0.4) is 0 Å². The third-order valence-corrected chi connectivity index (χ3v) is 4.22. The molecule has 3 atom stereocenters. The minimum atomic E-state index is -0.751. The molecule has 1 saturated carbocycles. The lowest BCUT2D eigenvalue weighted by Crippen LogP contribution is -2.44. The van der Waals surface area contributed by atoms with E-state index < -0.39 is 11.6 Å². The summed E-state index contributed by atoms with van der Waals surface area (Å²) in [4.78, 5) is 25.0. The van der Waals surface area contributed by atoms with E-state index in [0.29, 0.717) is 13.0 Å². The van der Waals surface area contributed by atoms with E-state index in [-0.39, 0.29) is 23.5 Å². The Balaban J connectivity index is 2.06. The second-order valence-electron chi connectivity index (χ2n) is 6.93. The summed E-state index contributed by atoms with van der Waals surface area (Å²) >= 11 is 0. The standard InChI is InChI=1S/C14H23NO4/c1-13(2,3)19-12(18)15-7-5-6-10(15)14(4)8-9(14)11(16)17/h9-10H,5-8H2,1-4H3,(H,16,17)/t9-,10?,14+/m1/s1. The van der Waals surface area contributed by atoms with Gasteiger partial charge in [0.05, 0.1) is 5.92 Å². The van der Waals surface area contributed by atoms with E-state index in [1.807, 2.05) is 27.7 Å². The summed E-state index contributed by atoms with van der Waals surface area (Å²) in [5, 5.41) is 9.13. The van der Waals surface area contributed by atoms with Crippen molar-refractivity contribution in [2.45, 2.75) is 58.6 Å². The molecule has 0 bridgehead atoms. The van der Waals surface area contributed by atoms with Crippen LogP contribution in [0.5, 0.6) is 0 Å². The molecule has 108 valence electrons. The van der Waals surface area contributed by atoms with Crippen LogP contribution in [0.2, 0.25) is 0 Å². The Morgan fingerprint density at radius 1 is 1.37 bits per heavy atom. The van der Waals surface area contributed by atoms with Gasteiger partial charge < -0.3 is 14.7 Å². The highest BCUT2D eigenvalue weighted by Crippen LogP contribution is 2.58. The Kier molecular flexibility index (Phi) is 3.27. The fraction of sp³-hybridized carbons (Fsp3) is 0.857. The second-order valence-corrected chi connectivity index (χ2v) is 6.93. The summed E-state index contributed by atoms with van der Waals surface area (Å²) in [7, 11) is 0. The topological polar surface area (TPSA) is 66.8 Å². The summed E-state index contributed by atoms with van der Waals surface area (Å²) in [5.74, 6) is -1.07. The molecule has 0 spiro atoms. The summed E-state index contributed by atoms with van der Waals surface area (Å²) in [6.07, 6.45) is 2.14. The van der Waals surface area contributed by atoms with Crippen LogP contribution in [0.25, 0.3) is 0 Å². The highest BCUT2D eigenvalue weighted by molar-refractivity contribution is 5.76. The molecule has 19 heavy (non-hydrogen) atoms. The van der Waals surface area contributed by atoms with E-state index >= 15 is 0 Å². The molecule has 1 N–H and O–H groups in total.